The van der Waals surface area contributed by atoms with Crippen molar-refractivity contribution in [3.05, 3.63) is 57.9 Å². The SMILES string of the molecule is Cc1ccc2nc(SC(C)C(=O)Nc3ccc(F)c([N+](=O)[O-])c3)[nH]c2c1. The second-order valence-corrected chi connectivity index (χ2v) is 7.06. The number of hydrogen-bond acceptors (Lipinski definition) is 5. The summed E-state index contributed by atoms with van der Waals surface area (Å²) in [6, 6.07) is 9.04. The fraction of sp³-hybridized carbons (Fsp3) is 0.176. The maximum Gasteiger partial charge on any atom is 0.306 e. The minimum Gasteiger partial charge on any atom is -0.333 e. The van der Waals surface area contributed by atoms with E-state index in [1.165, 1.54) is 17.8 Å². The summed E-state index contributed by atoms with van der Waals surface area (Å²) in [6.07, 6.45) is 0. The van der Waals surface area contributed by atoms with Gasteiger partial charge in [0.15, 0.2) is 5.16 Å². The molecule has 0 fully saturated rings. The molecule has 0 radical (unpaired) electrons. The van der Waals surface area contributed by atoms with Gasteiger partial charge < -0.3 is 10.3 Å². The number of thioether (sulfide) groups is 1. The summed E-state index contributed by atoms with van der Waals surface area (Å²) in [4.78, 5) is 29.8. The maximum atomic E-state index is 13.4. The molecule has 1 unspecified atom stereocenters. The van der Waals surface area contributed by atoms with Gasteiger partial charge in [-0.2, -0.15) is 4.39 Å². The Morgan fingerprint density at radius 1 is 1.35 bits per heavy atom. The van der Waals surface area contributed by atoms with Crippen molar-refractivity contribution in [2.75, 3.05) is 5.32 Å². The standard InChI is InChI=1S/C17H15FN4O3S/c1-9-3-6-13-14(7-9)21-17(20-13)26-10(2)16(23)19-11-4-5-12(18)15(8-11)22(24)25/h3-8,10H,1-2H3,(H,19,23)(H,20,21). The van der Waals surface area contributed by atoms with E-state index in [1.807, 2.05) is 25.1 Å². The van der Waals surface area contributed by atoms with Crippen LogP contribution >= 0.6 is 11.8 Å². The Hall–Kier alpha value is -2.94. The van der Waals surface area contributed by atoms with Crippen LogP contribution in [0.4, 0.5) is 15.8 Å². The molecule has 2 N–H and O–H groups in total. The average Bonchev–Trinajstić information content (AvgIpc) is 2.97. The molecule has 1 aromatic heterocycles. The van der Waals surface area contributed by atoms with E-state index in [0.29, 0.717) is 5.16 Å². The molecule has 0 saturated heterocycles. The zero-order chi connectivity index (χ0) is 18.8. The number of amides is 1. The van der Waals surface area contributed by atoms with Gasteiger partial charge in [0.1, 0.15) is 0 Å². The van der Waals surface area contributed by atoms with Gasteiger partial charge in [0, 0.05) is 11.8 Å². The van der Waals surface area contributed by atoms with Crippen LogP contribution in [0.2, 0.25) is 0 Å². The Labute approximate surface area is 152 Å². The number of benzene rings is 2. The summed E-state index contributed by atoms with van der Waals surface area (Å²) in [7, 11) is 0. The number of imidazole rings is 1. The number of halogens is 1. The Balaban J connectivity index is 1.71. The van der Waals surface area contributed by atoms with Crippen molar-refractivity contribution in [3.8, 4) is 0 Å². The number of hydrogen-bond donors (Lipinski definition) is 2. The van der Waals surface area contributed by atoms with Crippen LogP contribution < -0.4 is 5.32 Å². The van der Waals surface area contributed by atoms with Crippen LogP contribution in [0.5, 0.6) is 0 Å². The number of nitro groups is 1. The summed E-state index contributed by atoms with van der Waals surface area (Å²) in [5, 5.41) is 13.4. The van der Waals surface area contributed by atoms with Gasteiger partial charge in [-0.15, -0.1) is 0 Å². The zero-order valence-electron chi connectivity index (χ0n) is 13.9. The van der Waals surface area contributed by atoms with Gasteiger partial charge in [0.25, 0.3) is 0 Å². The highest BCUT2D eigenvalue weighted by Crippen LogP contribution is 2.26. The molecule has 1 amide bonds. The number of aryl methyl sites for hydroxylation is 1. The van der Waals surface area contributed by atoms with Gasteiger partial charge in [0.2, 0.25) is 11.7 Å². The number of aromatic amines is 1. The van der Waals surface area contributed by atoms with E-state index in [0.717, 1.165) is 28.7 Å². The number of H-pyrrole nitrogens is 1. The van der Waals surface area contributed by atoms with E-state index in [1.54, 1.807) is 6.92 Å². The van der Waals surface area contributed by atoms with Crippen LogP contribution in [0.15, 0.2) is 41.6 Å². The van der Waals surface area contributed by atoms with Crippen LogP contribution in [0.3, 0.4) is 0 Å². The highest BCUT2D eigenvalue weighted by atomic mass is 32.2. The molecule has 3 rings (SSSR count). The van der Waals surface area contributed by atoms with Crippen molar-refractivity contribution >= 4 is 40.1 Å². The summed E-state index contributed by atoms with van der Waals surface area (Å²) < 4.78 is 13.4. The minimum absolute atomic E-state index is 0.163. The van der Waals surface area contributed by atoms with E-state index in [-0.39, 0.29) is 11.6 Å². The molecule has 1 heterocycles. The Morgan fingerprint density at radius 2 is 2.12 bits per heavy atom. The molecule has 0 aliphatic carbocycles. The third kappa shape index (κ3) is 3.83. The molecule has 0 bridgehead atoms. The lowest BCUT2D eigenvalue weighted by atomic mass is 10.2. The Kier molecular flexibility index (Phi) is 4.90. The van der Waals surface area contributed by atoms with Crippen LogP contribution in [-0.4, -0.2) is 26.0 Å². The Bertz CT molecular complexity index is 1000. The lowest BCUT2D eigenvalue weighted by Crippen LogP contribution is -2.22. The zero-order valence-corrected chi connectivity index (χ0v) is 14.8. The molecule has 1 atom stereocenters. The molecular weight excluding hydrogens is 359 g/mol. The number of fused-ring (bicyclic) bond motifs is 1. The van der Waals surface area contributed by atoms with Gasteiger partial charge in [-0.1, -0.05) is 17.8 Å². The first kappa shape index (κ1) is 17.9. The highest BCUT2D eigenvalue weighted by molar-refractivity contribution is 8.00. The van der Waals surface area contributed by atoms with Crippen molar-refractivity contribution < 1.29 is 14.1 Å². The number of nitrogens with one attached hydrogen (secondary N) is 2. The fourth-order valence-corrected chi connectivity index (χ4v) is 3.17. The van der Waals surface area contributed by atoms with Crippen molar-refractivity contribution in [3.63, 3.8) is 0 Å². The maximum absolute atomic E-state index is 13.4. The number of carbonyl (C=O) groups excluding carboxylic acids is 1. The fourth-order valence-electron chi connectivity index (χ4n) is 2.35. The average molecular weight is 374 g/mol. The third-order valence-electron chi connectivity index (χ3n) is 3.68. The molecule has 134 valence electrons. The summed E-state index contributed by atoms with van der Waals surface area (Å²) >= 11 is 1.23. The van der Waals surface area contributed by atoms with Gasteiger partial charge >= 0.3 is 5.69 Å². The van der Waals surface area contributed by atoms with Crippen molar-refractivity contribution in [2.24, 2.45) is 0 Å². The van der Waals surface area contributed by atoms with Crippen LogP contribution in [0, 0.1) is 22.9 Å². The first-order valence-corrected chi connectivity index (χ1v) is 8.59. The van der Waals surface area contributed by atoms with Crippen molar-refractivity contribution in [1.29, 1.82) is 0 Å². The number of carbonyl (C=O) groups is 1. The number of aromatic nitrogens is 2. The van der Waals surface area contributed by atoms with Crippen molar-refractivity contribution in [2.45, 2.75) is 24.3 Å². The summed E-state index contributed by atoms with van der Waals surface area (Å²) in [5.41, 5.74) is 2.27. The molecule has 2 aromatic carbocycles. The number of nitro benzene ring substituents is 1. The number of anilines is 1. The smallest absolute Gasteiger partial charge is 0.306 e. The van der Waals surface area contributed by atoms with Gasteiger partial charge in [-0.3, -0.25) is 14.9 Å². The van der Waals surface area contributed by atoms with Gasteiger partial charge in [-0.25, -0.2) is 4.98 Å². The largest absolute Gasteiger partial charge is 0.333 e. The second-order valence-electron chi connectivity index (χ2n) is 5.74. The van der Waals surface area contributed by atoms with Crippen LogP contribution in [-0.2, 0) is 4.79 Å². The topological polar surface area (TPSA) is 101 Å². The molecule has 9 heteroatoms. The Morgan fingerprint density at radius 3 is 2.85 bits per heavy atom. The third-order valence-corrected chi connectivity index (χ3v) is 4.67. The first-order chi connectivity index (χ1) is 12.3. The van der Waals surface area contributed by atoms with E-state index in [4.69, 9.17) is 0 Å². The number of nitrogens with zero attached hydrogens (tertiary/aromatic N) is 2. The predicted octanol–water partition coefficient (Wildman–Crippen LogP) is 4.04. The number of rotatable bonds is 5. The molecule has 0 saturated carbocycles. The summed E-state index contributed by atoms with van der Waals surface area (Å²) in [6.45, 7) is 3.67. The quantitative estimate of drug-likeness (QED) is 0.399. The molecule has 7 nitrogen and oxygen atoms in total. The first-order valence-electron chi connectivity index (χ1n) is 7.71. The highest BCUT2D eigenvalue weighted by Gasteiger charge is 2.19. The molecule has 0 aliphatic heterocycles. The monoisotopic (exact) mass is 374 g/mol. The van der Waals surface area contributed by atoms with E-state index in [2.05, 4.69) is 15.3 Å². The van der Waals surface area contributed by atoms with E-state index < -0.39 is 21.7 Å². The van der Waals surface area contributed by atoms with Crippen molar-refractivity contribution in [1.82, 2.24) is 9.97 Å². The van der Waals surface area contributed by atoms with Crippen LogP contribution in [0.1, 0.15) is 12.5 Å². The second kappa shape index (κ2) is 7.12. The lowest BCUT2D eigenvalue weighted by Gasteiger charge is -2.10. The molecule has 0 spiro atoms. The summed E-state index contributed by atoms with van der Waals surface area (Å²) in [5.74, 6) is -1.32. The molecule has 26 heavy (non-hydrogen) atoms. The van der Waals surface area contributed by atoms with E-state index in [9.17, 15) is 19.3 Å². The van der Waals surface area contributed by atoms with Gasteiger partial charge in [-0.05, 0) is 43.7 Å². The predicted molar refractivity (Wildman–Crippen MR) is 97.8 cm³/mol. The molecular formula is C17H15FN4O3S. The normalized spacial score (nSPS) is 12.1. The van der Waals surface area contributed by atoms with Gasteiger partial charge in [0.05, 0.1) is 21.2 Å². The molecule has 3 aromatic rings. The molecule has 0 aliphatic rings. The lowest BCUT2D eigenvalue weighted by molar-refractivity contribution is -0.387. The minimum atomic E-state index is -0.951. The van der Waals surface area contributed by atoms with Crippen LogP contribution in [0.25, 0.3) is 11.0 Å². The van der Waals surface area contributed by atoms with E-state index >= 15 is 0 Å².